The Hall–Kier alpha value is -1.94. The molecule has 100 valence electrons. The van der Waals surface area contributed by atoms with E-state index in [0.717, 1.165) is 11.3 Å². The van der Waals surface area contributed by atoms with Gasteiger partial charge in [0.1, 0.15) is 0 Å². The van der Waals surface area contributed by atoms with Crippen LogP contribution in [0.15, 0.2) is 35.1 Å². The molecule has 4 nitrogen and oxygen atoms in total. The lowest BCUT2D eigenvalue weighted by Gasteiger charge is -2.13. The Labute approximate surface area is 112 Å². The molecule has 0 aliphatic heterocycles. The number of rotatable bonds is 3. The Kier molecular flexibility index (Phi) is 3.81. The molecule has 1 heterocycles. The first-order valence-corrected chi connectivity index (χ1v) is 6.40. The molecular formula is C15H19N3O. The van der Waals surface area contributed by atoms with Gasteiger partial charge in [0.15, 0.2) is 0 Å². The average Bonchev–Trinajstić information content (AvgIpc) is 2.41. The van der Waals surface area contributed by atoms with E-state index >= 15 is 0 Å². The molecule has 1 atom stereocenters. The molecule has 0 aliphatic carbocycles. The Balaban J connectivity index is 2.35. The van der Waals surface area contributed by atoms with E-state index in [2.05, 4.69) is 36.2 Å². The maximum absolute atomic E-state index is 11.8. The summed E-state index contributed by atoms with van der Waals surface area (Å²) in [5.41, 5.74) is 9.42. The summed E-state index contributed by atoms with van der Waals surface area (Å²) in [5.74, 6) is 0.483. The molecule has 1 unspecified atom stereocenters. The summed E-state index contributed by atoms with van der Waals surface area (Å²) in [7, 11) is 0. The summed E-state index contributed by atoms with van der Waals surface area (Å²) in [6, 6.07) is 9.39. The molecular weight excluding hydrogens is 238 g/mol. The maximum atomic E-state index is 11.8. The third-order valence-corrected chi connectivity index (χ3v) is 3.26. The molecule has 0 spiro atoms. The predicted octanol–water partition coefficient (Wildman–Crippen LogP) is 2.25. The summed E-state index contributed by atoms with van der Waals surface area (Å²) in [6.07, 6.45) is 0. The van der Waals surface area contributed by atoms with Crippen molar-refractivity contribution in [2.45, 2.75) is 32.7 Å². The molecule has 2 aromatic rings. The van der Waals surface area contributed by atoms with E-state index in [1.807, 2.05) is 19.1 Å². The van der Waals surface area contributed by atoms with E-state index in [0.29, 0.717) is 11.5 Å². The van der Waals surface area contributed by atoms with Gasteiger partial charge in [0.05, 0.1) is 11.7 Å². The molecule has 0 fully saturated rings. The van der Waals surface area contributed by atoms with Crippen molar-refractivity contribution in [1.82, 2.24) is 10.2 Å². The van der Waals surface area contributed by atoms with Crippen LogP contribution >= 0.6 is 0 Å². The number of hydrogen-bond donors (Lipinski definition) is 2. The van der Waals surface area contributed by atoms with Gasteiger partial charge in [-0.1, -0.05) is 38.1 Å². The van der Waals surface area contributed by atoms with Crippen molar-refractivity contribution in [3.05, 3.63) is 63.1 Å². The highest BCUT2D eigenvalue weighted by Crippen LogP contribution is 2.20. The number of nitrogens with zero attached hydrogens (tertiary/aromatic N) is 1. The SMILES string of the molecule is Cc1cc(C(N)c2ccc(C(C)C)cc2)c(=O)[nH]n1. The smallest absolute Gasteiger partial charge is 0.269 e. The van der Waals surface area contributed by atoms with Gasteiger partial charge in [-0.25, -0.2) is 5.10 Å². The highest BCUT2D eigenvalue weighted by atomic mass is 16.1. The molecule has 0 aliphatic rings. The molecule has 1 aromatic heterocycles. The molecule has 0 saturated carbocycles. The number of nitrogens with one attached hydrogen (secondary N) is 1. The number of H-pyrrole nitrogens is 1. The lowest BCUT2D eigenvalue weighted by Crippen LogP contribution is -2.23. The second kappa shape index (κ2) is 5.36. The molecule has 3 N–H and O–H groups in total. The van der Waals surface area contributed by atoms with Crippen LogP contribution in [0.3, 0.4) is 0 Å². The molecule has 0 bridgehead atoms. The monoisotopic (exact) mass is 257 g/mol. The largest absolute Gasteiger partial charge is 0.320 e. The Bertz CT molecular complexity index is 614. The zero-order valence-corrected chi connectivity index (χ0v) is 11.5. The average molecular weight is 257 g/mol. The minimum absolute atomic E-state index is 0.231. The van der Waals surface area contributed by atoms with Crippen LogP contribution < -0.4 is 11.3 Å². The molecule has 0 amide bonds. The molecule has 1 aromatic carbocycles. The van der Waals surface area contributed by atoms with Crippen LogP contribution in [-0.4, -0.2) is 10.2 Å². The summed E-state index contributed by atoms with van der Waals surface area (Å²) in [6.45, 7) is 6.12. The summed E-state index contributed by atoms with van der Waals surface area (Å²) in [5, 5.41) is 6.32. The third kappa shape index (κ3) is 2.90. The normalized spacial score (nSPS) is 12.7. The van der Waals surface area contributed by atoms with E-state index in [1.54, 1.807) is 6.07 Å². The fraction of sp³-hybridized carbons (Fsp3) is 0.333. The van der Waals surface area contributed by atoms with Crippen molar-refractivity contribution in [3.63, 3.8) is 0 Å². The fourth-order valence-electron chi connectivity index (χ4n) is 2.03. The Morgan fingerprint density at radius 3 is 2.32 bits per heavy atom. The Morgan fingerprint density at radius 1 is 1.16 bits per heavy atom. The highest BCUT2D eigenvalue weighted by molar-refractivity contribution is 5.33. The number of nitrogens with two attached hydrogens (primary N) is 1. The van der Waals surface area contributed by atoms with Crippen LogP contribution in [0.2, 0.25) is 0 Å². The van der Waals surface area contributed by atoms with E-state index in [4.69, 9.17) is 5.73 Å². The lowest BCUT2D eigenvalue weighted by molar-refractivity contribution is 0.810. The summed E-state index contributed by atoms with van der Waals surface area (Å²) in [4.78, 5) is 11.8. The van der Waals surface area contributed by atoms with Gasteiger partial charge in [-0.15, -0.1) is 0 Å². The molecule has 0 radical (unpaired) electrons. The fourth-order valence-corrected chi connectivity index (χ4v) is 2.03. The number of hydrogen-bond acceptors (Lipinski definition) is 3. The van der Waals surface area contributed by atoms with Gasteiger partial charge >= 0.3 is 0 Å². The summed E-state index contributed by atoms with van der Waals surface area (Å²) < 4.78 is 0. The zero-order chi connectivity index (χ0) is 14.0. The highest BCUT2D eigenvalue weighted by Gasteiger charge is 2.13. The van der Waals surface area contributed by atoms with Gasteiger partial charge in [-0.2, -0.15) is 5.10 Å². The van der Waals surface area contributed by atoms with Crippen molar-refractivity contribution in [3.8, 4) is 0 Å². The first-order valence-electron chi connectivity index (χ1n) is 6.40. The third-order valence-electron chi connectivity index (χ3n) is 3.26. The van der Waals surface area contributed by atoms with Crippen LogP contribution in [0, 0.1) is 6.92 Å². The minimum atomic E-state index is -0.424. The Morgan fingerprint density at radius 2 is 1.74 bits per heavy atom. The van der Waals surface area contributed by atoms with Crippen LogP contribution in [0.5, 0.6) is 0 Å². The van der Waals surface area contributed by atoms with Crippen LogP contribution in [0.4, 0.5) is 0 Å². The predicted molar refractivity (Wildman–Crippen MR) is 76.2 cm³/mol. The van der Waals surface area contributed by atoms with E-state index < -0.39 is 6.04 Å². The molecule has 4 heteroatoms. The van der Waals surface area contributed by atoms with Crippen LogP contribution in [-0.2, 0) is 0 Å². The quantitative estimate of drug-likeness (QED) is 0.885. The summed E-state index contributed by atoms with van der Waals surface area (Å²) >= 11 is 0. The molecule has 2 rings (SSSR count). The van der Waals surface area contributed by atoms with Gasteiger partial charge in [0, 0.05) is 5.56 Å². The first kappa shape index (κ1) is 13.5. The van der Waals surface area contributed by atoms with E-state index in [-0.39, 0.29) is 5.56 Å². The second-order valence-corrected chi connectivity index (χ2v) is 5.09. The van der Waals surface area contributed by atoms with Crippen molar-refractivity contribution >= 4 is 0 Å². The number of aryl methyl sites for hydroxylation is 1. The number of aromatic amines is 1. The van der Waals surface area contributed by atoms with Crippen molar-refractivity contribution in [2.75, 3.05) is 0 Å². The van der Waals surface area contributed by atoms with Gasteiger partial charge in [0.25, 0.3) is 5.56 Å². The number of aromatic nitrogens is 2. The van der Waals surface area contributed by atoms with Crippen molar-refractivity contribution in [1.29, 1.82) is 0 Å². The molecule has 0 saturated heterocycles. The van der Waals surface area contributed by atoms with Gasteiger partial charge in [0.2, 0.25) is 0 Å². The van der Waals surface area contributed by atoms with Crippen LogP contribution in [0.25, 0.3) is 0 Å². The first-order chi connectivity index (χ1) is 8.99. The maximum Gasteiger partial charge on any atom is 0.269 e. The second-order valence-electron chi connectivity index (χ2n) is 5.09. The van der Waals surface area contributed by atoms with Gasteiger partial charge < -0.3 is 5.73 Å². The van der Waals surface area contributed by atoms with E-state index in [9.17, 15) is 4.79 Å². The van der Waals surface area contributed by atoms with Crippen LogP contribution in [0.1, 0.15) is 48.2 Å². The van der Waals surface area contributed by atoms with Crippen molar-refractivity contribution < 1.29 is 0 Å². The van der Waals surface area contributed by atoms with Crippen molar-refractivity contribution in [2.24, 2.45) is 5.73 Å². The van der Waals surface area contributed by atoms with Gasteiger partial charge in [-0.05, 0) is 30.0 Å². The lowest BCUT2D eigenvalue weighted by atomic mass is 9.96. The number of benzene rings is 1. The van der Waals surface area contributed by atoms with Gasteiger partial charge in [-0.3, -0.25) is 4.79 Å². The minimum Gasteiger partial charge on any atom is -0.320 e. The molecule has 19 heavy (non-hydrogen) atoms. The topological polar surface area (TPSA) is 71.8 Å². The standard InChI is InChI=1S/C15H19N3O/c1-9(2)11-4-6-12(7-5-11)14(16)13-8-10(3)17-18-15(13)19/h4-9,14H,16H2,1-3H3,(H,18,19). The zero-order valence-electron chi connectivity index (χ0n) is 11.5. The van der Waals surface area contributed by atoms with E-state index in [1.165, 1.54) is 5.56 Å².